The molecule has 1 aliphatic carbocycles. The molecule has 2 N–H and O–H groups in total. The summed E-state index contributed by atoms with van der Waals surface area (Å²) in [6.45, 7) is 4.76. The summed E-state index contributed by atoms with van der Waals surface area (Å²) in [5.74, 6) is 2.06. The van der Waals surface area contributed by atoms with Gasteiger partial charge in [0.05, 0.1) is 0 Å². The molecule has 0 radical (unpaired) electrons. The summed E-state index contributed by atoms with van der Waals surface area (Å²) in [5, 5.41) is 0. The molecule has 2 unspecified atom stereocenters. The maximum atomic E-state index is 12.7. The van der Waals surface area contributed by atoms with Crippen molar-refractivity contribution < 1.29 is 4.79 Å². The summed E-state index contributed by atoms with van der Waals surface area (Å²) in [4.78, 5) is 14.8. The molecular weight excluding hydrogens is 272 g/mol. The molecule has 1 heterocycles. The van der Waals surface area contributed by atoms with Gasteiger partial charge in [-0.2, -0.15) is 0 Å². The molecular formula is C16H31ClN2O. The Bertz CT molecular complexity index is 292. The third-order valence-electron chi connectivity index (χ3n) is 5.01. The van der Waals surface area contributed by atoms with Gasteiger partial charge in [0.1, 0.15) is 0 Å². The Balaban J connectivity index is 0.00000200. The van der Waals surface area contributed by atoms with E-state index in [0.717, 1.165) is 51.2 Å². The first-order valence-corrected chi connectivity index (χ1v) is 8.23. The van der Waals surface area contributed by atoms with Crippen LogP contribution >= 0.6 is 12.4 Å². The number of halogens is 1. The molecule has 3 nitrogen and oxygen atoms in total. The predicted molar refractivity (Wildman–Crippen MR) is 86.0 cm³/mol. The quantitative estimate of drug-likeness (QED) is 0.819. The minimum absolute atomic E-state index is 0. The van der Waals surface area contributed by atoms with Crippen LogP contribution in [0, 0.1) is 17.8 Å². The minimum atomic E-state index is 0. The van der Waals surface area contributed by atoms with Gasteiger partial charge in [-0.3, -0.25) is 4.79 Å². The molecule has 0 spiro atoms. The smallest absolute Gasteiger partial charge is 0.225 e. The number of amides is 1. The van der Waals surface area contributed by atoms with Crippen molar-refractivity contribution in [3.05, 3.63) is 0 Å². The van der Waals surface area contributed by atoms with Gasteiger partial charge >= 0.3 is 0 Å². The monoisotopic (exact) mass is 302 g/mol. The van der Waals surface area contributed by atoms with E-state index in [1.165, 1.54) is 25.7 Å². The summed E-state index contributed by atoms with van der Waals surface area (Å²) >= 11 is 0. The number of rotatable bonds is 6. The van der Waals surface area contributed by atoms with Crippen LogP contribution in [0.15, 0.2) is 0 Å². The topological polar surface area (TPSA) is 46.3 Å². The standard InChI is InChI=1S/C16H30N2O.ClH/c1-2-5-15(10-13-6-3-4-7-13)16(19)18-9-8-14(11-17)12-18;/h13-15H,2-12,17H2,1H3;1H. The van der Waals surface area contributed by atoms with Crippen molar-refractivity contribution in [2.45, 2.75) is 58.3 Å². The van der Waals surface area contributed by atoms with Crippen LogP contribution < -0.4 is 5.73 Å². The van der Waals surface area contributed by atoms with Gasteiger partial charge in [-0.15, -0.1) is 12.4 Å². The van der Waals surface area contributed by atoms with Crippen molar-refractivity contribution >= 4 is 18.3 Å². The number of carbonyl (C=O) groups is 1. The van der Waals surface area contributed by atoms with Gasteiger partial charge in [0.2, 0.25) is 5.91 Å². The summed E-state index contributed by atoms with van der Waals surface area (Å²) < 4.78 is 0. The predicted octanol–water partition coefficient (Wildman–Crippen LogP) is 3.21. The third-order valence-corrected chi connectivity index (χ3v) is 5.01. The van der Waals surface area contributed by atoms with Gasteiger partial charge in [-0.25, -0.2) is 0 Å². The van der Waals surface area contributed by atoms with Crippen molar-refractivity contribution in [2.24, 2.45) is 23.5 Å². The van der Waals surface area contributed by atoms with Crippen LogP contribution in [-0.4, -0.2) is 30.4 Å². The van der Waals surface area contributed by atoms with Crippen molar-refractivity contribution in [2.75, 3.05) is 19.6 Å². The van der Waals surface area contributed by atoms with Crippen LogP contribution in [0.2, 0.25) is 0 Å². The Kier molecular flexibility index (Phi) is 7.90. The molecule has 0 aromatic heterocycles. The van der Waals surface area contributed by atoms with E-state index >= 15 is 0 Å². The van der Waals surface area contributed by atoms with Gasteiger partial charge in [0, 0.05) is 19.0 Å². The van der Waals surface area contributed by atoms with E-state index in [0.29, 0.717) is 11.8 Å². The molecule has 1 saturated carbocycles. The van der Waals surface area contributed by atoms with E-state index in [9.17, 15) is 4.79 Å². The van der Waals surface area contributed by atoms with E-state index in [1.54, 1.807) is 0 Å². The molecule has 1 amide bonds. The summed E-state index contributed by atoms with van der Waals surface area (Å²) in [6, 6.07) is 0. The van der Waals surface area contributed by atoms with Crippen molar-refractivity contribution in [1.82, 2.24) is 4.90 Å². The van der Waals surface area contributed by atoms with Crippen LogP contribution in [0.3, 0.4) is 0 Å². The fraction of sp³-hybridized carbons (Fsp3) is 0.938. The molecule has 2 fully saturated rings. The summed E-state index contributed by atoms with van der Waals surface area (Å²) in [7, 11) is 0. The van der Waals surface area contributed by atoms with Crippen molar-refractivity contribution in [3.8, 4) is 0 Å². The van der Waals surface area contributed by atoms with Gasteiger partial charge in [-0.05, 0) is 37.6 Å². The number of hydrogen-bond donors (Lipinski definition) is 1. The van der Waals surface area contributed by atoms with E-state index in [-0.39, 0.29) is 18.3 Å². The fourth-order valence-corrected chi connectivity index (χ4v) is 3.82. The lowest BCUT2D eigenvalue weighted by Gasteiger charge is -2.25. The molecule has 0 aromatic rings. The summed E-state index contributed by atoms with van der Waals surface area (Å²) in [5.41, 5.74) is 5.73. The molecule has 20 heavy (non-hydrogen) atoms. The zero-order valence-electron chi connectivity index (χ0n) is 12.9. The molecule has 1 aliphatic heterocycles. The number of nitrogens with two attached hydrogens (primary N) is 1. The molecule has 1 saturated heterocycles. The highest BCUT2D eigenvalue weighted by molar-refractivity contribution is 5.85. The molecule has 0 bridgehead atoms. The third kappa shape index (κ3) is 4.63. The first kappa shape index (κ1) is 17.8. The Hall–Kier alpha value is -0.280. The lowest BCUT2D eigenvalue weighted by molar-refractivity contribution is -0.135. The highest BCUT2D eigenvalue weighted by atomic mass is 35.5. The normalized spacial score (nSPS) is 24.7. The highest BCUT2D eigenvalue weighted by Crippen LogP contribution is 2.33. The number of carbonyl (C=O) groups excluding carboxylic acids is 1. The van der Waals surface area contributed by atoms with E-state index in [2.05, 4.69) is 11.8 Å². The maximum absolute atomic E-state index is 12.7. The van der Waals surface area contributed by atoms with E-state index in [1.807, 2.05) is 0 Å². The highest BCUT2D eigenvalue weighted by Gasteiger charge is 2.31. The second-order valence-electron chi connectivity index (χ2n) is 6.55. The molecule has 2 rings (SSSR count). The van der Waals surface area contributed by atoms with Crippen LogP contribution in [0.1, 0.15) is 58.3 Å². The van der Waals surface area contributed by atoms with Gasteiger partial charge in [-0.1, -0.05) is 39.0 Å². The Morgan fingerprint density at radius 1 is 1.25 bits per heavy atom. The van der Waals surface area contributed by atoms with Crippen LogP contribution in [0.4, 0.5) is 0 Å². The van der Waals surface area contributed by atoms with Gasteiger partial charge in [0.25, 0.3) is 0 Å². The average molecular weight is 303 g/mol. The minimum Gasteiger partial charge on any atom is -0.342 e. The van der Waals surface area contributed by atoms with Crippen molar-refractivity contribution in [3.63, 3.8) is 0 Å². The SMILES string of the molecule is CCCC(CC1CCCC1)C(=O)N1CCC(CN)C1.Cl. The first-order valence-electron chi connectivity index (χ1n) is 8.23. The molecule has 2 atom stereocenters. The zero-order chi connectivity index (χ0) is 13.7. The number of likely N-dealkylation sites (tertiary alicyclic amines) is 1. The first-order chi connectivity index (χ1) is 9.24. The number of hydrogen-bond acceptors (Lipinski definition) is 2. The molecule has 118 valence electrons. The van der Waals surface area contributed by atoms with Crippen LogP contribution in [-0.2, 0) is 4.79 Å². The molecule has 2 aliphatic rings. The van der Waals surface area contributed by atoms with Crippen LogP contribution in [0.25, 0.3) is 0 Å². The zero-order valence-corrected chi connectivity index (χ0v) is 13.7. The Morgan fingerprint density at radius 3 is 2.50 bits per heavy atom. The second kappa shape index (κ2) is 8.89. The van der Waals surface area contributed by atoms with E-state index < -0.39 is 0 Å². The molecule has 0 aromatic carbocycles. The lowest BCUT2D eigenvalue weighted by Crippen LogP contribution is -2.35. The maximum Gasteiger partial charge on any atom is 0.225 e. The Morgan fingerprint density at radius 2 is 1.95 bits per heavy atom. The van der Waals surface area contributed by atoms with Crippen molar-refractivity contribution in [1.29, 1.82) is 0 Å². The second-order valence-corrected chi connectivity index (χ2v) is 6.55. The largest absolute Gasteiger partial charge is 0.342 e. The van der Waals surface area contributed by atoms with Crippen LogP contribution in [0.5, 0.6) is 0 Å². The fourth-order valence-electron chi connectivity index (χ4n) is 3.82. The molecule has 4 heteroatoms. The Labute approximate surface area is 130 Å². The van der Waals surface area contributed by atoms with Gasteiger partial charge < -0.3 is 10.6 Å². The lowest BCUT2D eigenvalue weighted by atomic mass is 9.89. The van der Waals surface area contributed by atoms with E-state index in [4.69, 9.17) is 5.73 Å². The number of nitrogens with zero attached hydrogens (tertiary/aromatic N) is 1. The average Bonchev–Trinajstić information content (AvgIpc) is 3.08. The van der Waals surface area contributed by atoms with Gasteiger partial charge in [0.15, 0.2) is 0 Å². The summed E-state index contributed by atoms with van der Waals surface area (Å²) in [6.07, 6.45) is 9.86.